The molecule has 3 amide bonds. The van der Waals surface area contributed by atoms with Crippen molar-refractivity contribution in [2.24, 2.45) is 16.2 Å². The average Bonchev–Trinajstić information content (AvgIpc) is 2.80. The van der Waals surface area contributed by atoms with Crippen LogP contribution in [0, 0.1) is 33.7 Å². The molecule has 2 aliphatic carbocycles. The van der Waals surface area contributed by atoms with Crippen LogP contribution in [-0.4, -0.2) is 142 Å². The number of hydrogen-bond donors (Lipinski definition) is 5. The number of aromatic nitrogens is 3. The zero-order valence-corrected chi connectivity index (χ0v) is 48.5. The second-order valence-corrected chi connectivity index (χ2v) is 26.1. The SMILES string of the molecule is CCc1c(F)ccc2cc(O)cc(-c3ncc4c(N5CC6CCC(C5)N6)nc(OCC5(CN6CC7(CCC(OCC(=O)N[C@H](C(=O)N8C[C@H](O)C[C@H]8C(=O)N[C@@H](C)c8ccc(-c9ccccc9F)cc8)C(C)(C)C)CC7)C6)CC5)nc4c3F)c12. The Morgan fingerprint density at radius 2 is 1.60 bits per heavy atom. The summed E-state index contributed by atoms with van der Waals surface area (Å²) in [7, 11) is 0. The van der Waals surface area contributed by atoms with Gasteiger partial charge in [0.1, 0.15) is 53.1 Å². The van der Waals surface area contributed by atoms with Crippen LogP contribution in [0.5, 0.6) is 11.8 Å². The molecule has 2 aromatic heterocycles. The Kier molecular flexibility index (Phi) is 15.6. The van der Waals surface area contributed by atoms with Crippen molar-refractivity contribution in [2.75, 3.05) is 57.4 Å². The Hall–Kier alpha value is -6.93. The van der Waals surface area contributed by atoms with Gasteiger partial charge in [-0.05, 0) is 127 Å². The maximum Gasteiger partial charge on any atom is 0.319 e. The number of carbonyl (C=O) groups excluding carboxylic acids is 3. The lowest BCUT2D eigenvalue weighted by Crippen LogP contribution is -2.59. The van der Waals surface area contributed by atoms with Gasteiger partial charge < -0.3 is 50.3 Å². The van der Waals surface area contributed by atoms with E-state index < -0.39 is 59.0 Å². The van der Waals surface area contributed by atoms with Crippen LogP contribution in [0.25, 0.3) is 44.1 Å². The van der Waals surface area contributed by atoms with Gasteiger partial charge in [0, 0.05) is 80.5 Å². The van der Waals surface area contributed by atoms with E-state index in [1.165, 1.54) is 23.1 Å². The number of phenolic OH excluding ortho intramolecular Hbond substituents is 1. The third kappa shape index (κ3) is 11.6. The van der Waals surface area contributed by atoms with Crippen LogP contribution >= 0.6 is 0 Å². The molecule has 6 fully saturated rings. The highest BCUT2D eigenvalue weighted by Gasteiger charge is 2.52. The molecule has 19 heteroatoms. The number of pyridine rings is 1. The van der Waals surface area contributed by atoms with E-state index in [-0.39, 0.29) is 82.9 Å². The summed E-state index contributed by atoms with van der Waals surface area (Å²) in [5.74, 6) is -2.25. The number of nitrogens with one attached hydrogen (secondary N) is 3. The number of aromatic hydroxyl groups is 1. The van der Waals surface area contributed by atoms with Crippen LogP contribution in [0.15, 0.2) is 79.0 Å². The van der Waals surface area contributed by atoms with Gasteiger partial charge in [0.25, 0.3) is 0 Å². The summed E-state index contributed by atoms with van der Waals surface area (Å²) in [4.78, 5) is 62.2. The van der Waals surface area contributed by atoms with Crippen molar-refractivity contribution in [3.63, 3.8) is 0 Å². The number of amides is 3. The second kappa shape index (κ2) is 22.8. The van der Waals surface area contributed by atoms with E-state index in [9.17, 15) is 29.0 Å². The number of phenols is 1. The number of fused-ring (bicyclic) bond motifs is 4. The number of hydrogen-bond acceptors (Lipinski definition) is 13. The zero-order valence-electron chi connectivity index (χ0n) is 48.5. The lowest BCUT2D eigenvalue weighted by atomic mass is 9.67. The highest BCUT2D eigenvalue weighted by atomic mass is 19.1. The van der Waals surface area contributed by atoms with Gasteiger partial charge in [-0.3, -0.25) is 19.4 Å². The Morgan fingerprint density at radius 3 is 2.29 bits per heavy atom. The number of aliphatic hydroxyl groups is 1. The number of rotatable bonds is 17. The van der Waals surface area contributed by atoms with Gasteiger partial charge in [0.05, 0.1) is 30.2 Å². The molecule has 84 heavy (non-hydrogen) atoms. The molecule has 0 radical (unpaired) electrons. The minimum absolute atomic E-state index is 0.0375. The van der Waals surface area contributed by atoms with Gasteiger partial charge in [-0.2, -0.15) is 9.97 Å². The normalized spacial score (nSPS) is 22.7. The van der Waals surface area contributed by atoms with E-state index in [0.717, 1.165) is 76.6 Å². The molecule has 444 valence electrons. The van der Waals surface area contributed by atoms with Crippen LogP contribution < -0.4 is 25.6 Å². The Bertz CT molecular complexity index is 3480. The Labute approximate surface area is 487 Å². The first-order chi connectivity index (χ1) is 40.2. The van der Waals surface area contributed by atoms with Gasteiger partial charge in [0.15, 0.2) is 5.82 Å². The van der Waals surface area contributed by atoms with Crippen LogP contribution in [0.1, 0.15) is 110 Å². The fourth-order valence-corrected chi connectivity index (χ4v) is 14.0. The number of piperazine rings is 1. The van der Waals surface area contributed by atoms with Gasteiger partial charge in [-0.15, -0.1) is 0 Å². The minimum Gasteiger partial charge on any atom is -0.508 e. The molecule has 1 spiro atoms. The predicted octanol–water partition coefficient (Wildman–Crippen LogP) is 8.93. The maximum absolute atomic E-state index is 17.3. The first-order valence-corrected chi connectivity index (χ1v) is 30.0. The van der Waals surface area contributed by atoms with Crippen LogP contribution in [-0.2, 0) is 25.5 Å². The second-order valence-electron chi connectivity index (χ2n) is 26.1. The standard InChI is InChI=1S/C65H76F3N9O7/c1-6-46-51(67)18-15-40-25-43(78)26-48(54(40)46)56-55(68)57-49(28-69-56)59(76-29-41-16-17-42(30-76)71-41)74-62(73-57)84-36-65(23-24-65)35-75-33-64(34-75)21-19-45(20-22-64)83-32-53(80)72-58(63(3,4)5)61(82)77-31-44(79)27-52(77)60(81)70-37(2)38-11-13-39(14-12-38)47-9-7-8-10-50(47)66/h7-15,18,25-26,28,37,41-42,44-45,52,58,71,78-79H,6,16-17,19-24,27,29-36H2,1-5H3,(H,70,81)(H,72,80)/t37-,41?,42?,44+,52-,58+/m0/s1. The quantitative estimate of drug-likeness (QED) is 0.0582. The molecular formula is C65H76F3N9O7. The first kappa shape index (κ1) is 57.5. The van der Waals surface area contributed by atoms with Crippen molar-refractivity contribution in [1.82, 2.24) is 40.7 Å². The number of benzene rings is 4. The topological polar surface area (TPSA) is 195 Å². The number of halogens is 3. The monoisotopic (exact) mass is 1150 g/mol. The minimum atomic E-state index is -0.992. The molecule has 4 aromatic carbocycles. The number of aliphatic hydroxyl groups excluding tert-OH is 1. The fourth-order valence-electron chi connectivity index (χ4n) is 14.0. The molecule has 6 aromatic rings. The van der Waals surface area contributed by atoms with Gasteiger partial charge in [0.2, 0.25) is 17.7 Å². The highest BCUT2D eigenvalue weighted by molar-refractivity contribution is 6.02. The molecule has 2 unspecified atom stereocenters. The van der Waals surface area contributed by atoms with Crippen molar-refractivity contribution < 1.29 is 47.2 Å². The molecule has 6 heterocycles. The molecule has 2 bridgehead atoms. The molecule has 4 aliphatic heterocycles. The summed E-state index contributed by atoms with van der Waals surface area (Å²) in [5, 5.41) is 32.7. The third-order valence-electron chi connectivity index (χ3n) is 18.7. The van der Waals surface area contributed by atoms with Gasteiger partial charge in [-0.25, -0.2) is 13.2 Å². The number of likely N-dealkylation sites (tertiary alicyclic amines) is 2. The lowest BCUT2D eigenvalue weighted by molar-refractivity contribution is -0.145. The number of β-amino-alcohol motifs (C(OH)–C–C–N with tert-alkyl or cyclic N) is 1. The summed E-state index contributed by atoms with van der Waals surface area (Å²) < 4.78 is 59.7. The number of ether oxygens (including phenoxy) is 2. The maximum atomic E-state index is 17.3. The molecule has 6 atom stereocenters. The number of carbonyl (C=O) groups is 3. The summed E-state index contributed by atoms with van der Waals surface area (Å²) in [6.07, 6.45) is 8.54. The van der Waals surface area contributed by atoms with E-state index in [1.807, 2.05) is 46.8 Å². The van der Waals surface area contributed by atoms with Crippen LogP contribution in [0.4, 0.5) is 19.0 Å². The van der Waals surface area contributed by atoms with Gasteiger partial charge in [-0.1, -0.05) is 76.2 Å². The molecule has 5 N–H and O–H groups in total. The summed E-state index contributed by atoms with van der Waals surface area (Å²) in [6, 6.07) is 18.0. The Morgan fingerprint density at radius 1 is 0.869 bits per heavy atom. The summed E-state index contributed by atoms with van der Waals surface area (Å²) in [6.45, 7) is 13.5. The van der Waals surface area contributed by atoms with Crippen molar-refractivity contribution in [1.29, 1.82) is 0 Å². The summed E-state index contributed by atoms with van der Waals surface area (Å²) in [5.41, 5.74) is 2.01. The third-order valence-corrected chi connectivity index (χ3v) is 18.7. The van der Waals surface area contributed by atoms with E-state index in [1.54, 1.807) is 48.7 Å². The van der Waals surface area contributed by atoms with Crippen LogP contribution in [0.2, 0.25) is 0 Å². The van der Waals surface area contributed by atoms with E-state index >= 15 is 8.78 Å². The molecular weight excluding hydrogens is 1080 g/mol. The number of anilines is 1. The number of aryl methyl sites for hydroxylation is 1. The fraction of sp³-hybridized carbons (Fsp3) is 0.508. The van der Waals surface area contributed by atoms with Crippen molar-refractivity contribution in [3.05, 3.63) is 108 Å². The van der Waals surface area contributed by atoms with E-state index in [4.69, 9.17) is 19.4 Å². The molecule has 16 nitrogen and oxygen atoms in total. The zero-order chi connectivity index (χ0) is 58.8. The molecule has 2 saturated carbocycles. The Balaban J connectivity index is 0.641. The van der Waals surface area contributed by atoms with Crippen LogP contribution in [0.3, 0.4) is 0 Å². The predicted molar refractivity (Wildman–Crippen MR) is 314 cm³/mol. The van der Waals surface area contributed by atoms with Gasteiger partial charge >= 0.3 is 6.01 Å². The highest BCUT2D eigenvalue weighted by Crippen LogP contribution is 2.51. The molecule has 6 aliphatic rings. The van der Waals surface area contributed by atoms with Crippen molar-refractivity contribution in [2.45, 2.75) is 141 Å². The van der Waals surface area contributed by atoms with E-state index in [2.05, 4.69) is 30.7 Å². The van der Waals surface area contributed by atoms with Crippen molar-refractivity contribution >= 4 is 45.2 Å². The number of nitrogens with zero attached hydrogens (tertiary/aromatic N) is 6. The summed E-state index contributed by atoms with van der Waals surface area (Å²) >= 11 is 0. The van der Waals surface area contributed by atoms with E-state index in [0.29, 0.717) is 64.8 Å². The smallest absolute Gasteiger partial charge is 0.319 e. The lowest BCUT2D eigenvalue weighted by Gasteiger charge is -2.54. The first-order valence-electron chi connectivity index (χ1n) is 30.0. The average molecular weight is 1150 g/mol. The van der Waals surface area contributed by atoms with Crippen molar-refractivity contribution in [3.8, 4) is 34.1 Å². The molecule has 4 saturated heterocycles. The molecule has 12 rings (SSSR count). The largest absolute Gasteiger partial charge is 0.508 e.